The van der Waals surface area contributed by atoms with Gasteiger partial charge in [0, 0.05) is 32.4 Å². The molecule has 0 aliphatic carbocycles. The number of pyridine rings is 1. The van der Waals surface area contributed by atoms with Gasteiger partial charge in [-0.1, -0.05) is 29.8 Å². The van der Waals surface area contributed by atoms with E-state index in [9.17, 15) is 18.0 Å². The SMILES string of the molecule is O=C(CN1CCN(c2ncc(C(F)(F)F)cc2Cl)CC1)NCCOc1ccccc1. The van der Waals surface area contributed by atoms with Crippen LogP contribution in [0.1, 0.15) is 5.56 Å². The van der Waals surface area contributed by atoms with Gasteiger partial charge in [-0.25, -0.2) is 4.98 Å². The van der Waals surface area contributed by atoms with Crippen LogP contribution in [0.3, 0.4) is 0 Å². The summed E-state index contributed by atoms with van der Waals surface area (Å²) in [6.07, 6.45) is -3.69. The number of nitrogens with one attached hydrogen (secondary N) is 1. The summed E-state index contributed by atoms with van der Waals surface area (Å²) in [6.45, 7) is 3.21. The Balaban J connectivity index is 1.39. The summed E-state index contributed by atoms with van der Waals surface area (Å²) in [5, 5.41) is 2.78. The van der Waals surface area contributed by atoms with E-state index in [-0.39, 0.29) is 17.5 Å². The van der Waals surface area contributed by atoms with Gasteiger partial charge in [-0.2, -0.15) is 13.2 Å². The molecule has 2 heterocycles. The molecule has 10 heteroatoms. The fourth-order valence-corrected chi connectivity index (χ4v) is 3.36. The largest absolute Gasteiger partial charge is 0.492 e. The molecule has 0 bridgehead atoms. The molecular weight excluding hydrogens is 421 g/mol. The Bertz CT molecular complexity index is 844. The first-order chi connectivity index (χ1) is 14.3. The van der Waals surface area contributed by atoms with Gasteiger partial charge in [-0.15, -0.1) is 0 Å². The molecule has 3 rings (SSSR count). The third kappa shape index (κ3) is 6.24. The normalized spacial score (nSPS) is 15.1. The average Bonchev–Trinajstić information content (AvgIpc) is 2.72. The molecule has 1 N–H and O–H groups in total. The standard InChI is InChI=1S/C20H22ClF3N4O2/c21-17-12-15(20(22,23)24)13-26-19(17)28-9-7-27(8-10-28)14-18(29)25-6-11-30-16-4-2-1-3-5-16/h1-5,12-13H,6-11,14H2,(H,25,29). The lowest BCUT2D eigenvalue weighted by Crippen LogP contribution is -2.50. The van der Waals surface area contributed by atoms with Crippen LogP contribution in [-0.2, 0) is 11.0 Å². The first-order valence-electron chi connectivity index (χ1n) is 9.47. The average molecular weight is 443 g/mol. The Morgan fingerprint density at radius 3 is 2.50 bits per heavy atom. The van der Waals surface area contributed by atoms with Crippen LogP contribution in [0.15, 0.2) is 42.6 Å². The Hall–Kier alpha value is -2.52. The van der Waals surface area contributed by atoms with Crippen molar-refractivity contribution in [3.8, 4) is 5.75 Å². The Labute approximate surface area is 177 Å². The van der Waals surface area contributed by atoms with Crippen molar-refractivity contribution in [2.75, 3.05) is 50.8 Å². The van der Waals surface area contributed by atoms with Crippen molar-refractivity contribution >= 4 is 23.3 Å². The number of benzene rings is 1. The maximum atomic E-state index is 12.7. The molecule has 0 saturated carbocycles. The van der Waals surface area contributed by atoms with Crippen LogP contribution >= 0.6 is 11.6 Å². The van der Waals surface area contributed by atoms with Crippen LogP contribution in [-0.4, -0.2) is 61.7 Å². The zero-order valence-corrected chi connectivity index (χ0v) is 16.9. The van der Waals surface area contributed by atoms with Crippen molar-refractivity contribution < 1.29 is 22.7 Å². The van der Waals surface area contributed by atoms with Crippen LogP contribution in [0.2, 0.25) is 5.02 Å². The van der Waals surface area contributed by atoms with Gasteiger partial charge in [0.15, 0.2) is 0 Å². The molecule has 1 aliphatic rings. The molecular formula is C20H22ClF3N4O2. The first kappa shape index (κ1) is 22.2. The first-order valence-corrected chi connectivity index (χ1v) is 9.85. The summed E-state index contributed by atoms with van der Waals surface area (Å²) in [6, 6.07) is 10.2. The fourth-order valence-electron chi connectivity index (χ4n) is 3.07. The van der Waals surface area contributed by atoms with Crippen LogP contribution in [0, 0.1) is 0 Å². The molecule has 0 unspecified atom stereocenters. The van der Waals surface area contributed by atoms with E-state index in [4.69, 9.17) is 16.3 Å². The molecule has 6 nitrogen and oxygen atoms in total. The molecule has 0 radical (unpaired) electrons. The molecule has 0 spiro atoms. The minimum atomic E-state index is -4.48. The summed E-state index contributed by atoms with van der Waals surface area (Å²) in [5.41, 5.74) is -0.872. The summed E-state index contributed by atoms with van der Waals surface area (Å²) in [7, 11) is 0. The molecule has 162 valence electrons. The highest BCUT2D eigenvalue weighted by Crippen LogP contribution is 2.33. The van der Waals surface area contributed by atoms with Gasteiger partial charge in [0.2, 0.25) is 5.91 Å². The minimum Gasteiger partial charge on any atom is -0.492 e. The highest BCUT2D eigenvalue weighted by molar-refractivity contribution is 6.33. The molecule has 30 heavy (non-hydrogen) atoms. The number of hydrogen-bond donors (Lipinski definition) is 1. The van der Waals surface area contributed by atoms with Crippen molar-refractivity contribution in [1.29, 1.82) is 0 Å². The number of aromatic nitrogens is 1. The number of halogens is 4. The predicted molar refractivity (Wildman–Crippen MR) is 108 cm³/mol. The molecule has 1 amide bonds. The highest BCUT2D eigenvalue weighted by Gasteiger charge is 2.32. The van der Waals surface area contributed by atoms with E-state index in [1.54, 1.807) is 0 Å². The van der Waals surface area contributed by atoms with Crippen molar-refractivity contribution in [2.45, 2.75) is 6.18 Å². The number of piperazine rings is 1. The second kappa shape index (κ2) is 9.99. The van der Waals surface area contributed by atoms with Gasteiger partial charge in [-0.05, 0) is 18.2 Å². The summed E-state index contributed by atoms with van der Waals surface area (Å²) in [5.74, 6) is 0.969. The Kier molecular flexibility index (Phi) is 7.38. The zero-order valence-electron chi connectivity index (χ0n) is 16.2. The number of ether oxygens (including phenoxy) is 1. The van der Waals surface area contributed by atoms with Crippen molar-refractivity contribution in [1.82, 2.24) is 15.2 Å². The second-order valence-electron chi connectivity index (χ2n) is 6.80. The van der Waals surface area contributed by atoms with Gasteiger partial charge >= 0.3 is 6.18 Å². The zero-order chi connectivity index (χ0) is 21.6. The van der Waals surface area contributed by atoms with E-state index >= 15 is 0 Å². The van der Waals surface area contributed by atoms with E-state index in [1.165, 1.54) is 0 Å². The minimum absolute atomic E-state index is 0.0329. The van der Waals surface area contributed by atoms with Crippen LogP contribution in [0.4, 0.5) is 19.0 Å². The van der Waals surface area contributed by atoms with Gasteiger partial charge in [0.05, 0.1) is 23.7 Å². The molecule has 2 aromatic rings. The maximum absolute atomic E-state index is 12.7. The number of amides is 1. The topological polar surface area (TPSA) is 57.7 Å². The van der Waals surface area contributed by atoms with E-state index < -0.39 is 11.7 Å². The smallest absolute Gasteiger partial charge is 0.417 e. The number of anilines is 1. The molecule has 1 saturated heterocycles. The second-order valence-corrected chi connectivity index (χ2v) is 7.21. The van der Waals surface area contributed by atoms with E-state index in [2.05, 4.69) is 10.3 Å². The number of rotatable bonds is 7. The lowest BCUT2D eigenvalue weighted by Gasteiger charge is -2.35. The van der Waals surface area contributed by atoms with Gasteiger partial charge < -0.3 is 15.0 Å². The number of alkyl halides is 3. The van der Waals surface area contributed by atoms with Gasteiger partial charge in [-0.3, -0.25) is 9.69 Å². The highest BCUT2D eigenvalue weighted by atomic mass is 35.5. The van der Waals surface area contributed by atoms with Crippen molar-refractivity contribution in [2.24, 2.45) is 0 Å². The quantitative estimate of drug-likeness (QED) is 0.668. The van der Waals surface area contributed by atoms with Crippen LogP contribution < -0.4 is 15.0 Å². The number of hydrogen-bond acceptors (Lipinski definition) is 5. The van der Waals surface area contributed by atoms with Crippen molar-refractivity contribution in [3.05, 3.63) is 53.2 Å². The predicted octanol–water partition coefficient (Wildman–Crippen LogP) is 3.07. The van der Waals surface area contributed by atoms with Gasteiger partial charge in [0.1, 0.15) is 18.2 Å². The van der Waals surface area contributed by atoms with Crippen LogP contribution in [0.5, 0.6) is 5.75 Å². The number of para-hydroxylation sites is 1. The third-order valence-electron chi connectivity index (χ3n) is 4.62. The number of nitrogens with zero attached hydrogens (tertiary/aromatic N) is 3. The fraction of sp³-hybridized carbons (Fsp3) is 0.400. The lowest BCUT2D eigenvalue weighted by atomic mass is 10.2. The Morgan fingerprint density at radius 2 is 1.87 bits per heavy atom. The summed E-state index contributed by atoms with van der Waals surface area (Å²) >= 11 is 6.01. The molecule has 1 fully saturated rings. The third-order valence-corrected chi connectivity index (χ3v) is 4.90. The maximum Gasteiger partial charge on any atom is 0.417 e. The summed E-state index contributed by atoms with van der Waals surface area (Å²) in [4.78, 5) is 19.8. The van der Waals surface area contributed by atoms with Crippen LogP contribution in [0.25, 0.3) is 0 Å². The number of carbonyl (C=O) groups excluding carboxylic acids is 1. The van der Waals surface area contributed by atoms with E-state index in [0.29, 0.717) is 45.1 Å². The Morgan fingerprint density at radius 1 is 1.17 bits per heavy atom. The number of carbonyl (C=O) groups is 1. The molecule has 1 aliphatic heterocycles. The molecule has 1 aromatic carbocycles. The molecule has 1 aromatic heterocycles. The summed E-state index contributed by atoms with van der Waals surface area (Å²) < 4.78 is 43.8. The van der Waals surface area contributed by atoms with Crippen molar-refractivity contribution in [3.63, 3.8) is 0 Å². The van der Waals surface area contributed by atoms with E-state index in [1.807, 2.05) is 40.1 Å². The van der Waals surface area contributed by atoms with E-state index in [0.717, 1.165) is 18.0 Å². The molecule has 0 atom stereocenters. The van der Waals surface area contributed by atoms with Gasteiger partial charge in [0.25, 0.3) is 0 Å². The lowest BCUT2D eigenvalue weighted by molar-refractivity contribution is -0.137. The monoisotopic (exact) mass is 442 g/mol.